The Kier molecular flexibility index (Phi) is 5.84. The van der Waals surface area contributed by atoms with E-state index in [4.69, 9.17) is 9.84 Å². The van der Waals surface area contributed by atoms with Gasteiger partial charge in [0.25, 0.3) is 5.91 Å². The number of β-lactam (4-membered cyclic amide) rings is 1. The summed E-state index contributed by atoms with van der Waals surface area (Å²) in [6, 6.07) is 5.60. The van der Waals surface area contributed by atoms with Gasteiger partial charge in [0.1, 0.15) is 0 Å². The minimum atomic E-state index is -3.24. The van der Waals surface area contributed by atoms with E-state index in [1.165, 1.54) is 0 Å². The molecule has 2 fully saturated rings. The number of hydrogen-bond acceptors (Lipinski definition) is 6. The van der Waals surface area contributed by atoms with Gasteiger partial charge in [-0.3, -0.25) is 14.3 Å². The maximum absolute atomic E-state index is 15.8. The van der Waals surface area contributed by atoms with Crippen LogP contribution in [0.2, 0.25) is 18.6 Å². The number of fused-ring (bicyclic) bond motifs is 2. The lowest BCUT2D eigenvalue weighted by Crippen LogP contribution is -2.45. The van der Waals surface area contributed by atoms with Crippen molar-refractivity contribution < 1.29 is 23.5 Å². The highest BCUT2D eigenvalue weighted by Crippen LogP contribution is 2.60. The minimum absolute atomic E-state index is 0.00572. The maximum Gasteiger partial charge on any atom is 0.264 e. The number of nitrogens with zero attached hydrogens (tertiary/aromatic N) is 5. The van der Waals surface area contributed by atoms with Gasteiger partial charge in [0, 0.05) is 68.5 Å². The lowest BCUT2D eigenvalue weighted by atomic mass is 9.82. The van der Waals surface area contributed by atoms with Gasteiger partial charge in [0.05, 0.1) is 17.5 Å². The van der Waals surface area contributed by atoms with E-state index in [0.29, 0.717) is 43.6 Å². The van der Waals surface area contributed by atoms with Crippen LogP contribution in [-0.2, 0) is 32.9 Å². The zero-order valence-corrected chi connectivity index (χ0v) is 21.6. The van der Waals surface area contributed by atoms with Crippen LogP contribution >= 0.6 is 0 Å². The van der Waals surface area contributed by atoms with Gasteiger partial charge in [-0.2, -0.15) is 0 Å². The number of rotatable bonds is 7. The Balaban J connectivity index is 1.50. The van der Waals surface area contributed by atoms with Crippen LogP contribution in [0.5, 0.6) is 0 Å². The van der Waals surface area contributed by atoms with Crippen LogP contribution in [0.3, 0.4) is 0 Å². The monoisotopic (exact) mass is 501 g/mol. The van der Waals surface area contributed by atoms with Crippen molar-refractivity contribution >= 4 is 31.6 Å². The molecule has 1 N–H and O–H groups in total. The smallest absolute Gasteiger partial charge is 0.264 e. The lowest BCUT2D eigenvalue weighted by Gasteiger charge is -2.33. The number of anilines is 2. The standard InChI is InChI=1S/C24H32FN5O4Si/c1-15-22(35(3,4)25)20(7-10-29-14-16(9-12-31)26-27-29)34-24(15)18-13-17(30-11-8-21(30)32)5-6-19(18)28(2)23(24)33/h5-6,13-15,20,22,31H,7-12H2,1-4H3/t15-,20+,22-,24+/m0/s1. The fourth-order valence-corrected chi connectivity index (χ4v) is 8.65. The summed E-state index contributed by atoms with van der Waals surface area (Å²) in [5.74, 6) is -0.513. The van der Waals surface area contributed by atoms with E-state index in [0.717, 1.165) is 11.4 Å². The van der Waals surface area contributed by atoms with Crippen LogP contribution in [0, 0.1) is 5.92 Å². The first-order valence-electron chi connectivity index (χ1n) is 12.2. The van der Waals surface area contributed by atoms with Crippen LogP contribution in [0.25, 0.3) is 0 Å². The zero-order valence-electron chi connectivity index (χ0n) is 20.6. The minimum Gasteiger partial charge on any atom is -0.396 e. The summed E-state index contributed by atoms with van der Waals surface area (Å²) in [5, 5.41) is 17.3. The van der Waals surface area contributed by atoms with Crippen LogP contribution in [0.15, 0.2) is 24.4 Å². The molecular weight excluding hydrogens is 469 g/mol. The van der Waals surface area contributed by atoms with Gasteiger partial charge < -0.3 is 23.8 Å². The molecule has 11 heteroatoms. The second kappa shape index (κ2) is 8.49. The second-order valence-corrected chi connectivity index (χ2v) is 14.2. The molecule has 2 saturated heterocycles. The van der Waals surface area contributed by atoms with Crippen molar-refractivity contribution in [2.24, 2.45) is 5.92 Å². The van der Waals surface area contributed by atoms with Gasteiger partial charge in [-0.15, -0.1) is 5.10 Å². The fourth-order valence-electron chi connectivity index (χ4n) is 6.10. The Bertz CT molecular complexity index is 1170. The number of halogens is 1. The predicted octanol–water partition coefficient (Wildman–Crippen LogP) is 2.39. The van der Waals surface area contributed by atoms with Gasteiger partial charge >= 0.3 is 0 Å². The number of ether oxygens (including phenoxy) is 1. The van der Waals surface area contributed by atoms with Crippen LogP contribution in [0.1, 0.15) is 31.0 Å². The molecule has 188 valence electrons. The number of likely N-dealkylation sites (N-methyl/N-ethyl adjacent to an activating group) is 1. The Morgan fingerprint density at radius 3 is 2.71 bits per heavy atom. The van der Waals surface area contributed by atoms with Gasteiger partial charge in [-0.1, -0.05) is 12.1 Å². The van der Waals surface area contributed by atoms with Crippen LogP contribution < -0.4 is 9.80 Å². The second-order valence-electron chi connectivity index (χ2n) is 10.4. The average molecular weight is 502 g/mol. The summed E-state index contributed by atoms with van der Waals surface area (Å²) >= 11 is 0. The van der Waals surface area contributed by atoms with E-state index in [-0.39, 0.29) is 24.3 Å². The van der Waals surface area contributed by atoms with Crippen LogP contribution in [-0.4, -0.2) is 66.6 Å². The molecule has 0 saturated carbocycles. The first-order valence-corrected chi connectivity index (χ1v) is 15.1. The molecule has 2 amide bonds. The van der Waals surface area contributed by atoms with Crippen molar-refractivity contribution in [3.8, 4) is 0 Å². The molecule has 4 atom stereocenters. The number of carbonyl (C=O) groups is 2. The fraction of sp³-hybridized carbons (Fsp3) is 0.583. The van der Waals surface area contributed by atoms with E-state index in [2.05, 4.69) is 10.3 Å². The summed E-state index contributed by atoms with van der Waals surface area (Å²) < 4.78 is 24.1. The molecule has 3 aliphatic heterocycles. The summed E-state index contributed by atoms with van der Waals surface area (Å²) in [5.41, 5.74) is 1.20. The normalized spacial score (nSPS) is 28.2. The largest absolute Gasteiger partial charge is 0.396 e. The van der Waals surface area contributed by atoms with Gasteiger partial charge in [-0.25, -0.2) is 0 Å². The molecule has 5 rings (SSSR count). The molecular formula is C24H32FN5O4Si. The number of amides is 2. The first kappa shape index (κ1) is 24.1. The highest BCUT2D eigenvalue weighted by molar-refractivity contribution is 6.72. The number of aromatic nitrogens is 3. The molecule has 9 nitrogen and oxygen atoms in total. The Morgan fingerprint density at radius 1 is 1.31 bits per heavy atom. The van der Waals surface area contributed by atoms with Gasteiger partial charge in [0.2, 0.25) is 14.3 Å². The van der Waals surface area contributed by atoms with Crippen molar-refractivity contribution in [3.63, 3.8) is 0 Å². The summed E-state index contributed by atoms with van der Waals surface area (Å²) in [6.45, 7) is 6.39. The number of hydrogen-bond donors (Lipinski definition) is 1. The summed E-state index contributed by atoms with van der Waals surface area (Å²) in [4.78, 5) is 29.1. The quantitative estimate of drug-likeness (QED) is 0.355. The third kappa shape index (κ3) is 3.71. The SMILES string of the molecule is C[C@H]1[C@H]([Si](C)(C)F)[C@@H](CCn2cc(CCO)nn2)O[C@]12C(=O)N(C)c1ccc(N3CCC3=O)cc12. The number of aliphatic hydroxyl groups is 1. The van der Waals surface area contributed by atoms with Gasteiger partial charge in [0.15, 0.2) is 5.60 Å². The van der Waals surface area contributed by atoms with Gasteiger partial charge in [-0.05, 0) is 37.7 Å². The molecule has 35 heavy (non-hydrogen) atoms. The Labute approximate surface area is 205 Å². The van der Waals surface area contributed by atoms with E-state index < -0.39 is 25.7 Å². The molecule has 0 unspecified atom stereocenters. The van der Waals surface area contributed by atoms with Crippen molar-refractivity contribution in [1.29, 1.82) is 0 Å². The predicted molar refractivity (Wildman–Crippen MR) is 130 cm³/mol. The molecule has 3 aliphatic rings. The topological polar surface area (TPSA) is 101 Å². The van der Waals surface area contributed by atoms with E-state index in [1.807, 2.05) is 25.1 Å². The molecule has 0 aliphatic carbocycles. The van der Waals surface area contributed by atoms with E-state index in [1.54, 1.807) is 40.8 Å². The molecule has 1 spiro atoms. The van der Waals surface area contributed by atoms with Crippen molar-refractivity contribution in [3.05, 3.63) is 35.7 Å². The molecule has 0 bridgehead atoms. The van der Waals surface area contributed by atoms with Crippen molar-refractivity contribution in [2.45, 2.75) is 63.1 Å². The van der Waals surface area contributed by atoms with Crippen molar-refractivity contribution in [1.82, 2.24) is 15.0 Å². The Morgan fingerprint density at radius 2 is 2.09 bits per heavy atom. The highest BCUT2D eigenvalue weighted by Gasteiger charge is 2.66. The third-order valence-electron chi connectivity index (χ3n) is 7.83. The Hall–Kier alpha value is -2.63. The average Bonchev–Trinajstić information content (AvgIpc) is 3.42. The maximum atomic E-state index is 15.8. The van der Waals surface area contributed by atoms with Crippen LogP contribution in [0.4, 0.5) is 15.5 Å². The molecule has 0 radical (unpaired) electrons. The molecule has 2 aromatic rings. The molecule has 4 heterocycles. The number of benzene rings is 1. The first-order chi connectivity index (χ1) is 16.6. The molecule has 1 aromatic heterocycles. The number of aliphatic hydroxyl groups excluding tert-OH is 1. The summed E-state index contributed by atoms with van der Waals surface area (Å²) in [7, 11) is -1.52. The number of aryl methyl sites for hydroxylation is 1. The van der Waals surface area contributed by atoms with Crippen molar-refractivity contribution in [2.75, 3.05) is 30.0 Å². The number of carbonyl (C=O) groups excluding carboxylic acids is 2. The third-order valence-corrected chi connectivity index (χ3v) is 10.3. The lowest BCUT2D eigenvalue weighted by molar-refractivity contribution is -0.145. The zero-order chi connectivity index (χ0) is 25.1. The van der Waals surface area contributed by atoms with E-state index >= 15 is 4.11 Å². The summed E-state index contributed by atoms with van der Waals surface area (Å²) in [6.07, 6.45) is 2.72. The molecule has 1 aromatic carbocycles. The van der Waals surface area contributed by atoms with E-state index in [9.17, 15) is 9.59 Å². The highest BCUT2D eigenvalue weighted by atomic mass is 28.4.